The van der Waals surface area contributed by atoms with E-state index in [0.717, 1.165) is 17.7 Å². The molecule has 0 spiro atoms. The van der Waals surface area contributed by atoms with E-state index < -0.39 is 0 Å². The van der Waals surface area contributed by atoms with E-state index in [-0.39, 0.29) is 12.5 Å². The molecule has 0 aliphatic carbocycles. The summed E-state index contributed by atoms with van der Waals surface area (Å²) in [7, 11) is 3.58. The fraction of sp³-hybridized carbons (Fsp3) is 0.316. The number of hydrogen-bond acceptors (Lipinski definition) is 4. The molecule has 0 aromatic heterocycles. The summed E-state index contributed by atoms with van der Waals surface area (Å²) in [5.41, 5.74) is 3.18. The SMILES string of the molecule is COCCc1cccc(N(C)CC(=O)OCc2ccccc2)c1. The van der Waals surface area contributed by atoms with Crippen molar-refractivity contribution in [2.24, 2.45) is 0 Å². The molecule has 0 N–H and O–H groups in total. The second-order valence-corrected chi connectivity index (χ2v) is 5.42. The second kappa shape index (κ2) is 8.96. The van der Waals surface area contributed by atoms with Gasteiger partial charge in [-0.15, -0.1) is 0 Å². The maximum Gasteiger partial charge on any atom is 0.325 e. The number of anilines is 1. The van der Waals surface area contributed by atoms with Crippen molar-refractivity contribution in [2.45, 2.75) is 13.0 Å². The highest BCUT2D eigenvalue weighted by molar-refractivity contribution is 5.75. The van der Waals surface area contributed by atoms with Crippen LogP contribution in [0.4, 0.5) is 5.69 Å². The Bertz CT molecular complexity index is 613. The smallest absolute Gasteiger partial charge is 0.325 e. The van der Waals surface area contributed by atoms with Gasteiger partial charge in [0.25, 0.3) is 0 Å². The average molecular weight is 313 g/mol. The Hall–Kier alpha value is -2.33. The van der Waals surface area contributed by atoms with E-state index in [1.807, 2.05) is 54.4 Å². The van der Waals surface area contributed by atoms with Crippen LogP contribution in [-0.2, 0) is 27.3 Å². The number of ether oxygens (including phenoxy) is 2. The fourth-order valence-corrected chi connectivity index (χ4v) is 2.24. The molecule has 0 aliphatic rings. The topological polar surface area (TPSA) is 38.8 Å². The zero-order chi connectivity index (χ0) is 16.5. The predicted octanol–water partition coefficient (Wildman–Crippen LogP) is 3.06. The Morgan fingerprint density at radius 3 is 2.52 bits per heavy atom. The van der Waals surface area contributed by atoms with Gasteiger partial charge >= 0.3 is 5.97 Å². The quantitative estimate of drug-likeness (QED) is 0.702. The van der Waals surface area contributed by atoms with Crippen LogP contribution in [0.2, 0.25) is 0 Å². The third-order valence-corrected chi connectivity index (χ3v) is 3.56. The van der Waals surface area contributed by atoms with E-state index >= 15 is 0 Å². The molecule has 0 saturated heterocycles. The van der Waals surface area contributed by atoms with Gasteiger partial charge in [-0.25, -0.2) is 0 Å². The first-order chi connectivity index (χ1) is 11.2. The van der Waals surface area contributed by atoms with Crippen molar-refractivity contribution in [3.05, 3.63) is 65.7 Å². The van der Waals surface area contributed by atoms with E-state index in [0.29, 0.717) is 13.2 Å². The Morgan fingerprint density at radius 1 is 1.04 bits per heavy atom. The molecular formula is C19H23NO3. The van der Waals surface area contributed by atoms with Crippen LogP contribution >= 0.6 is 0 Å². The minimum absolute atomic E-state index is 0.223. The van der Waals surface area contributed by atoms with E-state index in [2.05, 4.69) is 12.1 Å². The van der Waals surface area contributed by atoms with Crippen LogP contribution in [0.5, 0.6) is 0 Å². The van der Waals surface area contributed by atoms with Crippen molar-refractivity contribution < 1.29 is 14.3 Å². The maximum absolute atomic E-state index is 12.0. The minimum Gasteiger partial charge on any atom is -0.459 e. The van der Waals surface area contributed by atoms with Crippen LogP contribution in [0.25, 0.3) is 0 Å². The van der Waals surface area contributed by atoms with Gasteiger partial charge in [-0.1, -0.05) is 42.5 Å². The van der Waals surface area contributed by atoms with Gasteiger partial charge in [0.1, 0.15) is 13.2 Å². The van der Waals surface area contributed by atoms with Crippen LogP contribution < -0.4 is 4.90 Å². The van der Waals surface area contributed by atoms with Crippen LogP contribution in [0, 0.1) is 0 Å². The van der Waals surface area contributed by atoms with Crippen molar-refractivity contribution in [2.75, 3.05) is 32.2 Å². The minimum atomic E-state index is -0.237. The number of benzene rings is 2. The van der Waals surface area contributed by atoms with Crippen molar-refractivity contribution in [1.82, 2.24) is 0 Å². The molecule has 4 heteroatoms. The molecule has 2 aromatic carbocycles. The number of carbonyl (C=O) groups is 1. The van der Waals surface area contributed by atoms with Gasteiger partial charge in [0.2, 0.25) is 0 Å². The highest BCUT2D eigenvalue weighted by atomic mass is 16.5. The maximum atomic E-state index is 12.0. The van der Waals surface area contributed by atoms with Gasteiger partial charge in [-0.2, -0.15) is 0 Å². The average Bonchev–Trinajstić information content (AvgIpc) is 2.59. The molecule has 23 heavy (non-hydrogen) atoms. The number of methoxy groups -OCH3 is 1. The lowest BCUT2D eigenvalue weighted by Crippen LogP contribution is -2.27. The summed E-state index contributed by atoms with van der Waals surface area (Å²) < 4.78 is 10.4. The van der Waals surface area contributed by atoms with Crippen LogP contribution in [0.15, 0.2) is 54.6 Å². The van der Waals surface area contributed by atoms with E-state index in [4.69, 9.17) is 9.47 Å². The third-order valence-electron chi connectivity index (χ3n) is 3.56. The Labute approximate surface area is 137 Å². The van der Waals surface area contributed by atoms with Crippen molar-refractivity contribution in [3.8, 4) is 0 Å². The first-order valence-electron chi connectivity index (χ1n) is 7.67. The molecule has 0 heterocycles. The number of hydrogen-bond donors (Lipinski definition) is 0. The lowest BCUT2D eigenvalue weighted by atomic mass is 10.1. The normalized spacial score (nSPS) is 10.3. The van der Waals surface area contributed by atoms with Gasteiger partial charge in [-0.05, 0) is 29.7 Å². The van der Waals surface area contributed by atoms with Gasteiger partial charge in [0, 0.05) is 19.8 Å². The summed E-state index contributed by atoms with van der Waals surface area (Å²) in [4.78, 5) is 13.9. The number of rotatable bonds is 8. The lowest BCUT2D eigenvalue weighted by Gasteiger charge is -2.19. The van der Waals surface area contributed by atoms with Crippen LogP contribution in [-0.4, -0.2) is 33.3 Å². The molecule has 4 nitrogen and oxygen atoms in total. The zero-order valence-corrected chi connectivity index (χ0v) is 13.7. The molecule has 0 amide bonds. The van der Waals surface area contributed by atoms with Gasteiger partial charge in [0.05, 0.1) is 6.61 Å². The highest BCUT2D eigenvalue weighted by Crippen LogP contribution is 2.15. The molecule has 0 unspecified atom stereocenters. The van der Waals surface area contributed by atoms with E-state index in [1.54, 1.807) is 7.11 Å². The molecule has 0 bridgehead atoms. The van der Waals surface area contributed by atoms with Crippen LogP contribution in [0.3, 0.4) is 0 Å². The first kappa shape index (κ1) is 17.0. The number of esters is 1. The Kier molecular flexibility index (Phi) is 6.63. The van der Waals surface area contributed by atoms with E-state index in [9.17, 15) is 4.79 Å². The number of carbonyl (C=O) groups excluding carboxylic acids is 1. The standard InChI is InChI=1S/C19H23NO3/c1-20(18-10-6-9-16(13-18)11-12-22-2)14-19(21)23-15-17-7-4-3-5-8-17/h3-10,13H,11-12,14-15H2,1-2H3. The summed E-state index contributed by atoms with van der Waals surface area (Å²) in [5, 5.41) is 0. The van der Waals surface area contributed by atoms with Crippen LogP contribution in [0.1, 0.15) is 11.1 Å². The third kappa shape index (κ3) is 5.75. The molecule has 2 rings (SSSR count). The van der Waals surface area contributed by atoms with Gasteiger partial charge in [0.15, 0.2) is 0 Å². The summed E-state index contributed by atoms with van der Waals surface area (Å²) in [6, 6.07) is 17.8. The fourth-order valence-electron chi connectivity index (χ4n) is 2.24. The molecule has 2 aromatic rings. The number of likely N-dealkylation sites (N-methyl/N-ethyl adjacent to an activating group) is 1. The zero-order valence-electron chi connectivity index (χ0n) is 13.7. The van der Waals surface area contributed by atoms with Gasteiger partial charge < -0.3 is 14.4 Å². The van der Waals surface area contributed by atoms with Gasteiger partial charge in [-0.3, -0.25) is 4.79 Å². The molecule has 0 radical (unpaired) electrons. The largest absolute Gasteiger partial charge is 0.459 e. The monoisotopic (exact) mass is 313 g/mol. The summed E-state index contributed by atoms with van der Waals surface area (Å²) in [5.74, 6) is -0.237. The lowest BCUT2D eigenvalue weighted by molar-refractivity contribution is -0.143. The number of nitrogens with zero attached hydrogens (tertiary/aromatic N) is 1. The summed E-state index contributed by atoms with van der Waals surface area (Å²) in [6.45, 7) is 1.22. The summed E-state index contributed by atoms with van der Waals surface area (Å²) in [6.07, 6.45) is 0.858. The molecule has 0 aliphatic heterocycles. The molecule has 122 valence electrons. The molecule has 0 atom stereocenters. The van der Waals surface area contributed by atoms with Crippen molar-refractivity contribution in [3.63, 3.8) is 0 Å². The molecule has 0 saturated carbocycles. The molecular weight excluding hydrogens is 290 g/mol. The predicted molar refractivity (Wildman–Crippen MR) is 91.5 cm³/mol. The van der Waals surface area contributed by atoms with Crippen molar-refractivity contribution >= 4 is 11.7 Å². The second-order valence-electron chi connectivity index (χ2n) is 5.42. The molecule has 0 fully saturated rings. The van der Waals surface area contributed by atoms with E-state index in [1.165, 1.54) is 5.56 Å². The Morgan fingerprint density at radius 2 is 1.78 bits per heavy atom. The highest BCUT2D eigenvalue weighted by Gasteiger charge is 2.09. The Balaban J connectivity index is 1.85. The summed E-state index contributed by atoms with van der Waals surface area (Å²) >= 11 is 0. The first-order valence-corrected chi connectivity index (χ1v) is 7.67. The van der Waals surface area contributed by atoms with Crippen molar-refractivity contribution in [1.29, 1.82) is 0 Å².